The zero-order valence-electron chi connectivity index (χ0n) is 16.9. The molecule has 8 nitrogen and oxygen atoms in total. The van der Waals surface area contributed by atoms with E-state index < -0.39 is 12.2 Å². The summed E-state index contributed by atoms with van der Waals surface area (Å²) in [5.41, 5.74) is 2.38. The van der Waals surface area contributed by atoms with E-state index in [4.69, 9.17) is 4.74 Å². The van der Waals surface area contributed by atoms with E-state index in [1.807, 2.05) is 31.2 Å². The molecule has 1 unspecified atom stereocenters. The monoisotopic (exact) mass is 435 g/mol. The summed E-state index contributed by atoms with van der Waals surface area (Å²) in [6, 6.07) is 13.4. The number of amides is 1. The highest BCUT2D eigenvalue weighted by Gasteiger charge is 2.35. The highest BCUT2D eigenvalue weighted by atomic mass is 32.2. The van der Waals surface area contributed by atoms with Crippen molar-refractivity contribution in [3.05, 3.63) is 59.7 Å². The fourth-order valence-corrected chi connectivity index (χ4v) is 3.85. The minimum atomic E-state index is -1.27. The van der Waals surface area contributed by atoms with Crippen LogP contribution in [0.4, 0.5) is 5.69 Å². The first-order valence-corrected chi connectivity index (χ1v) is 10.8. The molecule has 3 aromatic rings. The normalized spacial score (nSPS) is 14.8. The number of hydrogen-bond acceptors (Lipinski definition) is 8. The summed E-state index contributed by atoms with van der Waals surface area (Å²) in [6.45, 7) is 3.76. The SMILES string of the molecule is CCSc1nnc2c(n1)OC(c1ccc(C(=O)[O-])cc1)N(C(=O)CC)c1ccccc1-2. The van der Waals surface area contributed by atoms with E-state index in [2.05, 4.69) is 15.2 Å². The number of anilines is 1. The maximum Gasteiger partial charge on any atom is 0.247 e. The third kappa shape index (κ3) is 3.96. The predicted octanol–water partition coefficient (Wildman–Crippen LogP) is 2.85. The molecule has 9 heteroatoms. The lowest BCUT2D eigenvalue weighted by molar-refractivity contribution is -0.255. The number of benzene rings is 2. The number of fused-ring (bicyclic) bond motifs is 3. The largest absolute Gasteiger partial charge is 0.545 e. The number of aromatic carboxylic acids is 1. The Hall–Kier alpha value is -3.46. The second-order valence-corrected chi connectivity index (χ2v) is 7.93. The third-order valence-electron chi connectivity index (χ3n) is 4.79. The van der Waals surface area contributed by atoms with Crippen LogP contribution in [0.5, 0.6) is 5.88 Å². The standard InChI is InChI=1S/C22H20N4O4S/c1-3-17(27)26-16-8-6-5-7-15(16)18-19(23-22(25-24-18)31-4-2)30-20(26)13-9-11-14(12-10-13)21(28)29/h5-12,20H,3-4H2,1-2H3,(H,28,29)/p-1. The van der Waals surface area contributed by atoms with E-state index in [1.54, 1.807) is 24.0 Å². The van der Waals surface area contributed by atoms with Gasteiger partial charge in [-0.15, -0.1) is 10.2 Å². The Labute approximate surface area is 183 Å². The molecule has 0 spiro atoms. The molecule has 2 aromatic carbocycles. The van der Waals surface area contributed by atoms with E-state index in [1.165, 1.54) is 23.9 Å². The van der Waals surface area contributed by atoms with Crippen LogP contribution in [0.3, 0.4) is 0 Å². The number of rotatable bonds is 5. The lowest BCUT2D eigenvalue weighted by Crippen LogP contribution is -2.37. The molecular formula is C22H19N4O4S-. The van der Waals surface area contributed by atoms with Gasteiger partial charge in [-0.1, -0.05) is 68.1 Å². The quantitative estimate of drug-likeness (QED) is 0.563. The van der Waals surface area contributed by atoms with Gasteiger partial charge in [0.05, 0.1) is 11.7 Å². The topological polar surface area (TPSA) is 108 Å². The number of carbonyl (C=O) groups excluding carboxylic acids is 2. The minimum Gasteiger partial charge on any atom is -0.545 e. The summed E-state index contributed by atoms with van der Waals surface area (Å²) in [6.07, 6.45) is -0.612. The van der Waals surface area contributed by atoms with Gasteiger partial charge in [0, 0.05) is 17.5 Å². The maximum atomic E-state index is 13.0. The van der Waals surface area contributed by atoms with E-state index in [0.29, 0.717) is 27.7 Å². The van der Waals surface area contributed by atoms with Crippen molar-refractivity contribution in [2.45, 2.75) is 31.7 Å². The average Bonchev–Trinajstić information content (AvgIpc) is 2.93. The van der Waals surface area contributed by atoms with Crippen molar-refractivity contribution >= 4 is 29.3 Å². The van der Waals surface area contributed by atoms with Crippen LogP contribution in [0.2, 0.25) is 0 Å². The number of nitrogens with zero attached hydrogens (tertiary/aromatic N) is 4. The minimum absolute atomic E-state index is 0.0390. The molecular weight excluding hydrogens is 416 g/mol. The van der Waals surface area contributed by atoms with Gasteiger partial charge in [0.25, 0.3) is 0 Å². The van der Waals surface area contributed by atoms with Gasteiger partial charge >= 0.3 is 0 Å². The van der Waals surface area contributed by atoms with Gasteiger partial charge in [-0.3, -0.25) is 9.69 Å². The van der Waals surface area contributed by atoms with E-state index >= 15 is 0 Å². The second kappa shape index (κ2) is 8.73. The van der Waals surface area contributed by atoms with Crippen molar-refractivity contribution in [1.29, 1.82) is 0 Å². The molecule has 0 N–H and O–H groups in total. The van der Waals surface area contributed by atoms with E-state index in [9.17, 15) is 14.7 Å². The van der Waals surface area contributed by atoms with Gasteiger partial charge in [0.2, 0.25) is 23.2 Å². The van der Waals surface area contributed by atoms with Crippen molar-refractivity contribution in [2.24, 2.45) is 0 Å². The summed E-state index contributed by atoms with van der Waals surface area (Å²) >= 11 is 1.43. The van der Waals surface area contributed by atoms with Crippen molar-refractivity contribution < 1.29 is 19.4 Å². The fraction of sp³-hybridized carbons (Fsp3) is 0.227. The van der Waals surface area contributed by atoms with Gasteiger partial charge in [0.15, 0.2) is 5.69 Å². The number of carboxylic acid groups (broad SMARTS) is 1. The molecule has 1 aliphatic heterocycles. The van der Waals surface area contributed by atoms with Crippen LogP contribution in [0, 0.1) is 0 Å². The van der Waals surface area contributed by atoms with Crippen LogP contribution in [0.25, 0.3) is 11.3 Å². The number of carboxylic acids is 1. The van der Waals surface area contributed by atoms with Gasteiger partial charge in [0.1, 0.15) is 0 Å². The number of hydrogen-bond donors (Lipinski definition) is 0. The molecule has 0 fully saturated rings. The summed E-state index contributed by atoms with van der Waals surface area (Å²) in [5, 5.41) is 20.2. The van der Waals surface area contributed by atoms with Gasteiger partial charge in [-0.2, -0.15) is 4.98 Å². The highest BCUT2D eigenvalue weighted by Crippen LogP contribution is 2.43. The molecule has 0 saturated carbocycles. The van der Waals surface area contributed by atoms with Gasteiger partial charge in [-0.05, 0) is 17.4 Å². The second-order valence-electron chi connectivity index (χ2n) is 6.70. The summed E-state index contributed by atoms with van der Waals surface area (Å²) in [5.74, 6) is -0.404. The third-order valence-corrected chi connectivity index (χ3v) is 5.51. The Bertz CT molecular complexity index is 1140. The van der Waals surface area contributed by atoms with Crippen LogP contribution in [-0.4, -0.2) is 32.8 Å². The van der Waals surface area contributed by atoms with Crippen LogP contribution >= 0.6 is 11.8 Å². The van der Waals surface area contributed by atoms with Crippen molar-refractivity contribution in [1.82, 2.24) is 15.2 Å². The molecule has 1 aliphatic rings. The summed E-state index contributed by atoms with van der Waals surface area (Å²) < 4.78 is 6.26. The summed E-state index contributed by atoms with van der Waals surface area (Å²) in [4.78, 5) is 30.3. The molecule has 0 bridgehead atoms. The molecule has 0 aliphatic carbocycles. The molecule has 4 rings (SSSR count). The Morgan fingerprint density at radius 1 is 1.10 bits per heavy atom. The summed E-state index contributed by atoms with van der Waals surface area (Å²) in [7, 11) is 0. The zero-order chi connectivity index (χ0) is 22.0. The van der Waals surface area contributed by atoms with Crippen LogP contribution in [0.15, 0.2) is 53.7 Å². The van der Waals surface area contributed by atoms with E-state index in [0.717, 1.165) is 5.75 Å². The van der Waals surface area contributed by atoms with Crippen molar-refractivity contribution in [3.8, 4) is 17.1 Å². The fourth-order valence-electron chi connectivity index (χ4n) is 3.34. The first-order chi connectivity index (χ1) is 15.0. The first kappa shape index (κ1) is 20.8. The molecule has 1 atom stereocenters. The average molecular weight is 435 g/mol. The van der Waals surface area contributed by atoms with Crippen LogP contribution in [0.1, 0.15) is 42.4 Å². The Morgan fingerprint density at radius 3 is 2.52 bits per heavy atom. The van der Waals surface area contributed by atoms with Gasteiger partial charge < -0.3 is 14.6 Å². The zero-order valence-corrected chi connectivity index (χ0v) is 17.8. The number of carbonyl (C=O) groups is 2. The first-order valence-electron chi connectivity index (χ1n) is 9.80. The Morgan fingerprint density at radius 2 is 1.84 bits per heavy atom. The number of para-hydroxylation sites is 1. The molecule has 1 amide bonds. The lowest BCUT2D eigenvalue weighted by Gasteiger charge is -2.30. The molecule has 31 heavy (non-hydrogen) atoms. The number of thioether (sulfide) groups is 1. The molecule has 2 heterocycles. The Kier molecular flexibility index (Phi) is 5.85. The number of aromatic nitrogens is 3. The van der Waals surface area contributed by atoms with Crippen LogP contribution < -0.4 is 14.7 Å². The molecule has 0 saturated heterocycles. The maximum absolute atomic E-state index is 13.0. The van der Waals surface area contributed by atoms with E-state index in [-0.39, 0.29) is 23.8 Å². The van der Waals surface area contributed by atoms with Crippen LogP contribution in [-0.2, 0) is 4.79 Å². The molecule has 1 aromatic heterocycles. The van der Waals surface area contributed by atoms with Crippen molar-refractivity contribution in [3.63, 3.8) is 0 Å². The molecule has 0 radical (unpaired) electrons. The number of ether oxygens (including phenoxy) is 1. The lowest BCUT2D eigenvalue weighted by atomic mass is 10.1. The smallest absolute Gasteiger partial charge is 0.247 e. The van der Waals surface area contributed by atoms with Crippen molar-refractivity contribution in [2.75, 3.05) is 10.7 Å². The Balaban J connectivity index is 1.91. The highest BCUT2D eigenvalue weighted by molar-refractivity contribution is 7.99. The van der Waals surface area contributed by atoms with Gasteiger partial charge in [-0.25, -0.2) is 0 Å². The molecule has 158 valence electrons. The predicted molar refractivity (Wildman–Crippen MR) is 114 cm³/mol.